The molecule has 3 N–H and O–H groups in total. The fraction of sp³-hybridized carbons (Fsp3) is 0.440. The maximum atomic E-state index is 12.9. The molecule has 2 aromatic carbocycles. The van der Waals surface area contributed by atoms with Gasteiger partial charge in [0.25, 0.3) is 0 Å². The lowest BCUT2D eigenvalue weighted by Gasteiger charge is -2.48. The molecule has 0 unspecified atom stereocenters. The highest BCUT2D eigenvalue weighted by Crippen LogP contribution is 2.44. The molecule has 1 aliphatic rings. The first kappa shape index (κ1) is 22.8. The maximum absolute atomic E-state index is 12.9. The van der Waals surface area contributed by atoms with Crippen LogP contribution in [0.2, 0.25) is 0 Å². The van der Waals surface area contributed by atoms with Gasteiger partial charge in [0, 0.05) is 24.5 Å². The number of carbonyl (C=O) groups is 2. The maximum Gasteiger partial charge on any atom is 0.408 e. The van der Waals surface area contributed by atoms with E-state index in [1.165, 1.54) is 0 Å². The third-order valence-corrected chi connectivity index (χ3v) is 6.71. The van der Waals surface area contributed by atoms with Gasteiger partial charge in [-0.2, -0.15) is 0 Å². The van der Waals surface area contributed by atoms with Gasteiger partial charge >= 0.3 is 6.09 Å². The number of ether oxygens (including phenoxy) is 2. The number of carbonyl (C=O) groups excluding carboxylic acids is 2. The molecule has 0 aromatic heterocycles. The molecule has 0 saturated carbocycles. The summed E-state index contributed by atoms with van der Waals surface area (Å²) in [5.74, 6) is -0.460. The molecule has 0 aliphatic heterocycles. The predicted octanol–water partition coefficient (Wildman–Crippen LogP) is 4.27. The standard InChI is InChI=1S/C25H32N2O4/c1-5-25(6-2)20-14-19(23(26)28)13-12-18(20)15-21(30-4)22(25)27-24(29)31-16(3)17-10-8-7-9-11-17/h7-14,16,21-22H,5-6,15H2,1-4H3,(H2,26,28)(H,27,29)/t16-,21-,22+/m1/s1. The SMILES string of the molecule is CCC1(CC)c2cc(C(N)=O)ccc2C[C@@H](OC)[C@@H]1NC(=O)O[C@H](C)c1ccccc1. The van der Waals surface area contributed by atoms with Crippen molar-refractivity contribution >= 4 is 12.0 Å². The van der Waals surface area contributed by atoms with Crippen LogP contribution in [0.1, 0.15) is 66.8 Å². The highest BCUT2D eigenvalue weighted by atomic mass is 16.6. The normalized spacial score (nSPS) is 20.4. The van der Waals surface area contributed by atoms with Crippen LogP contribution in [0.25, 0.3) is 0 Å². The number of hydrogen-bond acceptors (Lipinski definition) is 4. The van der Waals surface area contributed by atoms with Crippen molar-refractivity contribution in [2.24, 2.45) is 5.73 Å². The summed E-state index contributed by atoms with van der Waals surface area (Å²) in [5, 5.41) is 3.10. The lowest BCUT2D eigenvalue weighted by molar-refractivity contribution is 0.0186. The monoisotopic (exact) mass is 424 g/mol. The minimum absolute atomic E-state index is 0.216. The van der Waals surface area contributed by atoms with Crippen LogP contribution in [0.5, 0.6) is 0 Å². The average molecular weight is 425 g/mol. The zero-order valence-corrected chi connectivity index (χ0v) is 18.7. The van der Waals surface area contributed by atoms with Gasteiger partial charge < -0.3 is 20.5 Å². The van der Waals surface area contributed by atoms with E-state index in [0.29, 0.717) is 12.0 Å². The Bertz CT molecular complexity index is 924. The van der Waals surface area contributed by atoms with Gasteiger partial charge in [0.1, 0.15) is 6.10 Å². The van der Waals surface area contributed by atoms with Gasteiger partial charge in [-0.25, -0.2) is 4.79 Å². The first-order valence-electron chi connectivity index (χ1n) is 10.8. The van der Waals surface area contributed by atoms with Gasteiger partial charge in [-0.1, -0.05) is 50.2 Å². The van der Waals surface area contributed by atoms with Crippen molar-refractivity contribution < 1.29 is 19.1 Å². The van der Waals surface area contributed by atoms with Gasteiger partial charge in [-0.15, -0.1) is 0 Å². The van der Waals surface area contributed by atoms with E-state index in [-0.39, 0.29) is 18.2 Å². The zero-order valence-electron chi connectivity index (χ0n) is 18.7. The molecule has 3 atom stereocenters. The summed E-state index contributed by atoms with van der Waals surface area (Å²) < 4.78 is 11.5. The predicted molar refractivity (Wildman–Crippen MR) is 120 cm³/mol. The smallest absolute Gasteiger partial charge is 0.408 e. The average Bonchev–Trinajstić information content (AvgIpc) is 2.79. The summed E-state index contributed by atoms with van der Waals surface area (Å²) in [6, 6.07) is 14.9. The molecular formula is C25H32N2O4. The quantitative estimate of drug-likeness (QED) is 0.694. The molecule has 2 amide bonds. The summed E-state index contributed by atoms with van der Waals surface area (Å²) in [5.41, 5.74) is 8.70. The molecule has 1 aliphatic carbocycles. The number of nitrogens with two attached hydrogens (primary N) is 1. The molecule has 0 fully saturated rings. The van der Waals surface area contributed by atoms with Gasteiger partial charge in [-0.05, 0) is 48.6 Å². The summed E-state index contributed by atoms with van der Waals surface area (Å²) >= 11 is 0. The van der Waals surface area contributed by atoms with E-state index in [1.54, 1.807) is 13.2 Å². The van der Waals surface area contributed by atoms with E-state index >= 15 is 0 Å². The van der Waals surface area contributed by atoms with E-state index in [9.17, 15) is 9.59 Å². The number of nitrogens with one attached hydrogen (secondary N) is 1. The Labute approximate surface area is 184 Å². The van der Waals surface area contributed by atoms with Crippen LogP contribution in [0.4, 0.5) is 4.79 Å². The number of amides is 2. The number of primary amides is 1. The summed E-state index contributed by atoms with van der Waals surface area (Å²) in [4.78, 5) is 24.7. The van der Waals surface area contributed by atoms with Crippen molar-refractivity contribution in [3.05, 3.63) is 70.8 Å². The fourth-order valence-electron chi connectivity index (χ4n) is 4.86. The lowest BCUT2D eigenvalue weighted by Crippen LogP contribution is -2.60. The third kappa shape index (κ3) is 4.44. The van der Waals surface area contributed by atoms with E-state index in [2.05, 4.69) is 19.2 Å². The van der Waals surface area contributed by atoms with Crippen molar-refractivity contribution in [3.63, 3.8) is 0 Å². The second-order valence-electron chi connectivity index (χ2n) is 8.16. The number of rotatable bonds is 7. The van der Waals surface area contributed by atoms with Crippen LogP contribution in [0.15, 0.2) is 48.5 Å². The molecule has 0 radical (unpaired) electrons. The Hall–Kier alpha value is -2.86. The molecule has 0 saturated heterocycles. The number of fused-ring (bicyclic) bond motifs is 1. The third-order valence-electron chi connectivity index (χ3n) is 6.71. The fourth-order valence-corrected chi connectivity index (χ4v) is 4.86. The molecule has 31 heavy (non-hydrogen) atoms. The van der Waals surface area contributed by atoms with Crippen molar-refractivity contribution in [1.29, 1.82) is 0 Å². The minimum Gasteiger partial charge on any atom is -0.442 e. The molecule has 0 bridgehead atoms. The molecule has 166 valence electrons. The van der Waals surface area contributed by atoms with Crippen LogP contribution < -0.4 is 11.1 Å². The first-order valence-corrected chi connectivity index (χ1v) is 10.8. The summed E-state index contributed by atoms with van der Waals surface area (Å²) in [6.07, 6.45) is 1.08. The second-order valence-corrected chi connectivity index (χ2v) is 8.16. The van der Waals surface area contributed by atoms with Crippen molar-refractivity contribution in [1.82, 2.24) is 5.32 Å². The van der Waals surface area contributed by atoms with Crippen LogP contribution in [-0.2, 0) is 21.3 Å². The van der Waals surface area contributed by atoms with Gasteiger partial charge in [0.05, 0.1) is 12.1 Å². The van der Waals surface area contributed by atoms with E-state index in [1.807, 2.05) is 49.4 Å². The molecular weight excluding hydrogens is 392 g/mol. The van der Waals surface area contributed by atoms with Gasteiger partial charge in [0.2, 0.25) is 5.91 Å². The highest BCUT2D eigenvalue weighted by Gasteiger charge is 2.48. The summed E-state index contributed by atoms with van der Waals surface area (Å²) in [7, 11) is 1.66. The highest BCUT2D eigenvalue weighted by molar-refractivity contribution is 5.93. The van der Waals surface area contributed by atoms with Gasteiger partial charge in [-0.3, -0.25) is 4.79 Å². The van der Waals surface area contributed by atoms with Crippen LogP contribution >= 0.6 is 0 Å². The molecule has 0 heterocycles. The molecule has 0 spiro atoms. The van der Waals surface area contributed by atoms with Crippen LogP contribution in [-0.4, -0.2) is 31.3 Å². The Morgan fingerprint density at radius 2 is 1.84 bits per heavy atom. The molecule has 3 rings (SSSR count). The Balaban J connectivity index is 1.92. The van der Waals surface area contributed by atoms with Crippen LogP contribution in [0, 0.1) is 0 Å². The summed E-state index contributed by atoms with van der Waals surface area (Å²) in [6.45, 7) is 6.04. The van der Waals surface area contributed by atoms with Crippen molar-refractivity contribution in [2.75, 3.05) is 7.11 Å². The first-order chi connectivity index (χ1) is 14.9. The van der Waals surface area contributed by atoms with Crippen LogP contribution in [0.3, 0.4) is 0 Å². The van der Waals surface area contributed by atoms with E-state index in [4.69, 9.17) is 15.2 Å². The minimum atomic E-state index is -0.482. The van der Waals surface area contributed by atoms with Crippen molar-refractivity contribution in [2.45, 2.75) is 63.7 Å². The Kier molecular flexibility index (Phi) is 7.01. The number of hydrogen-bond donors (Lipinski definition) is 2. The molecule has 6 nitrogen and oxygen atoms in total. The molecule has 6 heteroatoms. The lowest BCUT2D eigenvalue weighted by atomic mass is 9.62. The molecule has 2 aromatic rings. The number of alkyl carbamates (subject to hydrolysis) is 1. The number of benzene rings is 2. The topological polar surface area (TPSA) is 90.7 Å². The Morgan fingerprint density at radius 1 is 1.16 bits per heavy atom. The number of methoxy groups -OCH3 is 1. The van der Waals surface area contributed by atoms with Gasteiger partial charge in [0.15, 0.2) is 0 Å². The largest absolute Gasteiger partial charge is 0.442 e. The zero-order chi connectivity index (χ0) is 22.6. The Morgan fingerprint density at radius 3 is 2.42 bits per heavy atom. The van der Waals surface area contributed by atoms with E-state index < -0.39 is 17.4 Å². The second kappa shape index (κ2) is 9.52. The van der Waals surface area contributed by atoms with E-state index in [0.717, 1.165) is 29.5 Å². The van der Waals surface area contributed by atoms with Crippen molar-refractivity contribution in [3.8, 4) is 0 Å².